The van der Waals surface area contributed by atoms with Crippen molar-refractivity contribution in [3.8, 4) is 0 Å². The second-order valence-electron chi connectivity index (χ2n) is 5.53. The topological polar surface area (TPSA) is 27.6 Å². The van der Waals surface area contributed by atoms with Gasteiger partial charge in [-0.05, 0) is 30.4 Å². The largest absolute Gasteiger partial charge is 0.357 e. The lowest BCUT2D eigenvalue weighted by Gasteiger charge is -2.31. The van der Waals surface area contributed by atoms with Crippen LogP contribution in [0.25, 0.3) is 0 Å². The zero-order valence-electron chi connectivity index (χ0n) is 12.7. The molecular weight excluding hydrogens is 361 g/mol. The Morgan fingerprint density at radius 2 is 2.00 bits per heavy atom. The van der Waals surface area contributed by atoms with Crippen LogP contribution in [0, 0.1) is 5.92 Å². The Hall–Kier alpha value is -0.780. The number of hydrogen-bond donors (Lipinski definition) is 1. The molecule has 0 aliphatic carbocycles. The van der Waals surface area contributed by atoms with Gasteiger partial charge in [-0.25, -0.2) is 0 Å². The van der Waals surface area contributed by atoms with E-state index in [1.165, 1.54) is 11.1 Å². The minimum atomic E-state index is 0. The number of nitrogens with zero attached hydrogens (tertiary/aromatic N) is 2. The zero-order valence-corrected chi connectivity index (χ0v) is 15.1. The fourth-order valence-electron chi connectivity index (χ4n) is 2.37. The Balaban J connectivity index is 0.00000200. The molecule has 1 aromatic rings. The molecule has 1 heterocycles. The van der Waals surface area contributed by atoms with E-state index in [0.29, 0.717) is 5.92 Å². The van der Waals surface area contributed by atoms with Crippen LogP contribution in [0.3, 0.4) is 0 Å². The first kappa shape index (κ1) is 17.3. The number of fused-ring (bicyclic) bond motifs is 1. The first-order valence-electron chi connectivity index (χ1n) is 7.30. The van der Waals surface area contributed by atoms with Gasteiger partial charge in [-0.1, -0.05) is 38.1 Å². The lowest BCUT2D eigenvalue weighted by Crippen LogP contribution is -2.44. The third-order valence-corrected chi connectivity index (χ3v) is 3.37. The number of hydrogen-bond acceptors (Lipinski definition) is 1. The molecule has 4 heteroatoms. The molecule has 0 atom stereocenters. The molecule has 0 amide bonds. The van der Waals surface area contributed by atoms with Gasteiger partial charge in [0.05, 0.1) is 0 Å². The molecule has 0 bridgehead atoms. The molecule has 0 aromatic heterocycles. The van der Waals surface area contributed by atoms with Crippen molar-refractivity contribution in [3.63, 3.8) is 0 Å². The van der Waals surface area contributed by atoms with Crippen molar-refractivity contribution < 1.29 is 0 Å². The fourth-order valence-corrected chi connectivity index (χ4v) is 2.37. The number of halogens is 1. The summed E-state index contributed by atoms with van der Waals surface area (Å²) in [5.74, 6) is 1.66. The predicted molar refractivity (Wildman–Crippen MR) is 96.8 cm³/mol. The summed E-state index contributed by atoms with van der Waals surface area (Å²) in [6.45, 7) is 10.4. The summed E-state index contributed by atoms with van der Waals surface area (Å²) >= 11 is 0. The van der Waals surface area contributed by atoms with E-state index >= 15 is 0 Å². The van der Waals surface area contributed by atoms with E-state index in [4.69, 9.17) is 4.99 Å². The highest BCUT2D eigenvalue weighted by Crippen LogP contribution is 2.18. The normalized spacial score (nSPS) is 14.8. The monoisotopic (exact) mass is 387 g/mol. The van der Waals surface area contributed by atoms with Gasteiger partial charge in [0, 0.05) is 26.2 Å². The third kappa shape index (κ3) is 4.65. The number of benzene rings is 1. The van der Waals surface area contributed by atoms with Crippen molar-refractivity contribution in [3.05, 3.63) is 35.4 Å². The Labute approximate surface area is 139 Å². The molecule has 3 nitrogen and oxygen atoms in total. The van der Waals surface area contributed by atoms with Crippen molar-refractivity contribution in [2.24, 2.45) is 10.9 Å². The molecule has 0 radical (unpaired) electrons. The molecule has 0 spiro atoms. The van der Waals surface area contributed by atoms with Crippen LogP contribution in [0.2, 0.25) is 0 Å². The minimum Gasteiger partial charge on any atom is -0.357 e. The molecule has 0 saturated heterocycles. The molecule has 1 aliphatic heterocycles. The van der Waals surface area contributed by atoms with Crippen molar-refractivity contribution in [1.82, 2.24) is 10.2 Å². The summed E-state index contributed by atoms with van der Waals surface area (Å²) in [6, 6.07) is 8.73. The van der Waals surface area contributed by atoms with E-state index in [1.54, 1.807) is 0 Å². The van der Waals surface area contributed by atoms with Crippen LogP contribution in [0.4, 0.5) is 0 Å². The molecule has 1 aliphatic rings. The van der Waals surface area contributed by atoms with E-state index in [2.05, 4.69) is 55.3 Å². The van der Waals surface area contributed by atoms with Gasteiger partial charge in [0.15, 0.2) is 5.96 Å². The first-order chi connectivity index (χ1) is 9.20. The average Bonchev–Trinajstić information content (AvgIpc) is 2.42. The summed E-state index contributed by atoms with van der Waals surface area (Å²) < 4.78 is 0. The van der Waals surface area contributed by atoms with Gasteiger partial charge in [-0.15, -0.1) is 24.0 Å². The molecule has 20 heavy (non-hydrogen) atoms. The highest BCUT2D eigenvalue weighted by Gasteiger charge is 2.18. The van der Waals surface area contributed by atoms with Crippen LogP contribution in [-0.2, 0) is 13.0 Å². The van der Waals surface area contributed by atoms with E-state index in [-0.39, 0.29) is 24.0 Å². The van der Waals surface area contributed by atoms with Gasteiger partial charge in [-0.3, -0.25) is 4.99 Å². The van der Waals surface area contributed by atoms with Crippen molar-refractivity contribution >= 4 is 29.9 Å². The summed E-state index contributed by atoms with van der Waals surface area (Å²) in [6.07, 6.45) is 1.11. The van der Waals surface area contributed by atoms with E-state index in [9.17, 15) is 0 Å². The van der Waals surface area contributed by atoms with E-state index in [0.717, 1.165) is 38.6 Å². The van der Waals surface area contributed by atoms with E-state index < -0.39 is 0 Å². The Morgan fingerprint density at radius 1 is 1.30 bits per heavy atom. The number of rotatable bonds is 3. The van der Waals surface area contributed by atoms with Gasteiger partial charge in [0.1, 0.15) is 0 Å². The molecule has 0 fully saturated rings. The molecule has 2 rings (SSSR count). The van der Waals surface area contributed by atoms with Gasteiger partial charge in [0.25, 0.3) is 0 Å². The Kier molecular flexibility index (Phi) is 7.34. The maximum Gasteiger partial charge on any atom is 0.194 e. The minimum absolute atomic E-state index is 0. The number of guanidine groups is 1. The van der Waals surface area contributed by atoms with E-state index in [1.807, 2.05) is 0 Å². The summed E-state index contributed by atoms with van der Waals surface area (Å²) in [5, 5.41) is 3.41. The molecular formula is C16H26IN3. The summed E-state index contributed by atoms with van der Waals surface area (Å²) in [4.78, 5) is 7.11. The maximum absolute atomic E-state index is 4.74. The van der Waals surface area contributed by atoms with Crippen LogP contribution >= 0.6 is 24.0 Å². The predicted octanol–water partition coefficient (Wildman–Crippen LogP) is 3.28. The van der Waals surface area contributed by atoms with Crippen molar-refractivity contribution in [2.45, 2.75) is 33.7 Å². The molecule has 0 saturated carbocycles. The summed E-state index contributed by atoms with van der Waals surface area (Å²) in [7, 11) is 0. The average molecular weight is 387 g/mol. The van der Waals surface area contributed by atoms with Crippen LogP contribution in [0.1, 0.15) is 31.9 Å². The molecule has 112 valence electrons. The number of nitrogens with one attached hydrogen (secondary N) is 1. The highest BCUT2D eigenvalue weighted by molar-refractivity contribution is 14.0. The van der Waals surface area contributed by atoms with Gasteiger partial charge in [-0.2, -0.15) is 0 Å². The highest BCUT2D eigenvalue weighted by atomic mass is 127. The quantitative estimate of drug-likeness (QED) is 0.490. The molecule has 1 N–H and O–H groups in total. The lowest BCUT2D eigenvalue weighted by molar-refractivity contribution is 0.377. The third-order valence-electron chi connectivity index (χ3n) is 3.37. The second kappa shape index (κ2) is 8.49. The zero-order chi connectivity index (χ0) is 13.7. The Bertz CT molecular complexity index is 443. The van der Waals surface area contributed by atoms with Gasteiger partial charge < -0.3 is 10.2 Å². The van der Waals surface area contributed by atoms with Crippen LogP contribution in [0.15, 0.2) is 29.3 Å². The van der Waals surface area contributed by atoms with Crippen LogP contribution in [-0.4, -0.2) is 30.5 Å². The Morgan fingerprint density at radius 3 is 2.65 bits per heavy atom. The second-order valence-corrected chi connectivity index (χ2v) is 5.53. The van der Waals surface area contributed by atoms with Gasteiger partial charge >= 0.3 is 0 Å². The van der Waals surface area contributed by atoms with Crippen LogP contribution in [0.5, 0.6) is 0 Å². The summed E-state index contributed by atoms with van der Waals surface area (Å²) in [5.41, 5.74) is 2.92. The number of aliphatic imine (C=N–C) groups is 1. The maximum atomic E-state index is 4.74. The first-order valence-corrected chi connectivity index (χ1v) is 7.30. The molecule has 0 unspecified atom stereocenters. The molecule has 1 aromatic carbocycles. The standard InChI is InChI=1S/C16H25N3.HI/c1-4-17-16(18-11-13(2)3)19-10-9-14-7-5-6-8-15(14)12-19;/h5-8,13H,4,9-12H2,1-3H3,(H,17,18);1H. The van der Waals surface area contributed by atoms with Crippen molar-refractivity contribution in [1.29, 1.82) is 0 Å². The van der Waals surface area contributed by atoms with Gasteiger partial charge in [0.2, 0.25) is 0 Å². The van der Waals surface area contributed by atoms with Crippen LogP contribution < -0.4 is 5.32 Å². The fraction of sp³-hybridized carbons (Fsp3) is 0.562. The lowest BCUT2D eigenvalue weighted by atomic mass is 10.0. The smallest absolute Gasteiger partial charge is 0.194 e. The van der Waals surface area contributed by atoms with Crippen molar-refractivity contribution in [2.75, 3.05) is 19.6 Å². The SMILES string of the molecule is CCNC(=NCC(C)C)N1CCc2ccccc2C1.I.